The van der Waals surface area contributed by atoms with Gasteiger partial charge >= 0.3 is 6.03 Å². The Balaban J connectivity index is 2.04. The van der Waals surface area contributed by atoms with Crippen molar-refractivity contribution in [2.24, 2.45) is 7.05 Å². The molecule has 130 valence electrons. The van der Waals surface area contributed by atoms with Crippen molar-refractivity contribution in [2.75, 3.05) is 13.1 Å². The number of hydrogen-bond donors (Lipinski definition) is 1. The van der Waals surface area contributed by atoms with Crippen molar-refractivity contribution in [1.82, 2.24) is 19.8 Å². The lowest BCUT2D eigenvalue weighted by Crippen LogP contribution is -2.42. The highest BCUT2D eigenvalue weighted by Crippen LogP contribution is 2.25. The Labute approximate surface area is 148 Å². The molecule has 5 heteroatoms. The van der Waals surface area contributed by atoms with Gasteiger partial charge in [-0.2, -0.15) is 0 Å². The van der Waals surface area contributed by atoms with Crippen LogP contribution in [0.3, 0.4) is 0 Å². The maximum absolute atomic E-state index is 12.7. The van der Waals surface area contributed by atoms with Gasteiger partial charge in [0.15, 0.2) is 0 Å². The molecule has 2 aromatic carbocycles. The number of benzene rings is 2. The molecule has 0 unspecified atom stereocenters. The molecule has 0 fully saturated rings. The molecule has 0 aliphatic carbocycles. The number of aromatic nitrogens is 2. The summed E-state index contributed by atoms with van der Waals surface area (Å²) in [5.41, 5.74) is 3.00. The molecule has 2 amide bonds. The molecule has 0 saturated heterocycles. The molecular weight excluding hydrogens is 312 g/mol. The predicted octanol–water partition coefficient (Wildman–Crippen LogP) is 3.71. The zero-order valence-corrected chi connectivity index (χ0v) is 14.9. The van der Waals surface area contributed by atoms with Crippen LogP contribution < -0.4 is 5.32 Å². The van der Waals surface area contributed by atoms with Crippen LogP contribution in [-0.2, 0) is 7.05 Å². The predicted molar refractivity (Wildman–Crippen MR) is 100 cm³/mol. The van der Waals surface area contributed by atoms with Gasteiger partial charge in [-0.1, -0.05) is 42.5 Å². The number of nitrogens with one attached hydrogen (secondary N) is 1. The molecule has 1 heterocycles. The van der Waals surface area contributed by atoms with Gasteiger partial charge in [0.1, 0.15) is 11.9 Å². The fourth-order valence-electron chi connectivity index (χ4n) is 3.09. The maximum Gasteiger partial charge on any atom is 0.318 e. The number of hydrogen-bond acceptors (Lipinski definition) is 2. The molecule has 3 aromatic rings. The summed E-state index contributed by atoms with van der Waals surface area (Å²) < 4.78 is 2.05. The minimum atomic E-state index is -0.299. The first kappa shape index (κ1) is 17.0. The van der Waals surface area contributed by atoms with E-state index in [1.54, 1.807) is 4.90 Å². The van der Waals surface area contributed by atoms with Crippen LogP contribution in [0.1, 0.15) is 31.3 Å². The molecule has 1 atom stereocenters. The van der Waals surface area contributed by atoms with Gasteiger partial charge in [-0.15, -0.1) is 0 Å². The van der Waals surface area contributed by atoms with E-state index in [-0.39, 0.29) is 12.1 Å². The summed E-state index contributed by atoms with van der Waals surface area (Å²) in [7, 11) is 1.99. The van der Waals surface area contributed by atoms with Crippen LogP contribution in [0.25, 0.3) is 11.0 Å². The molecule has 1 aromatic heterocycles. The molecule has 1 N–H and O–H groups in total. The summed E-state index contributed by atoms with van der Waals surface area (Å²) in [4.78, 5) is 19.2. The SMILES string of the molecule is CCN(CC)C(=O)N[C@@H](c1ccccc1)c1nc2ccccc2n1C. The van der Waals surface area contributed by atoms with Gasteiger partial charge in [0, 0.05) is 20.1 Å². The van der Waals surface area contributed by atoms with E-state index in [0.717, 1.165) is 22.4 Å². The second-order valence-electron chi connectivity index (χ2n) is 5.98. The van der Waals surface area contributed by atoms with E-state index in [2.05, 4.69) is 9.88 Å². The number of imidazole rings is 1. The van der Waals surface area contributed by atoms with E-state index in [0.29, 0.717) is 13.1 Å². The lowest BCUT2D eigenvalue weighted by Gasteiger charge is -2.24. The number of carbonyl (C=O) groups is 1. The van der Waals surface area contributed by atoms with Gasteiger partial charge in [-0.25, -0.2) is 9.78 Å². The number of urea groups is 1. The zero-order chi connectivity index (χ0) is 17.8. The Hall–Kier alpha value is -2.82. The van der Waals surface area contributed by atoms with E-state index in [4.69, 9.17) is 4.98 Å². The molecule has 3 rings (SSSR count). The third-order valence-corrected chi connectivity index (χ3v) is 4.53. The van der Waals surface area contributed by atoms with Crippen molar-refractivity contribution >= 4 is 17.1 Å². The van der Waals surface area contributed by atoms with Crippen LogP contribution in [0.15, 0.2) is 54.6 Å². The molecule has 0 radical (unpaired) electrons. The average molecular weight is 336 g/mol. The minimum Gasteiger partial charge on any atom is -0.329 e. The van der Waals surface area contributed by atoms with E-state index in [1.807, 2.05) is 75.5 Å². The zero-order valence-electron chi connectivity index (χ0n) is 14.9. The standard InChI is InChI=1S/C20H24N4O/c1-4-24(5-2)20(25)22-18(15-11-7-6-8-12-15)19-21-16-13-9-10-14-17(16)23(19)3/h6-14,18H,4-5H2,1-3H3,(H,22,25)/t18-/m0/s1. The van der Waals surface area contributed by atoms with Gasteiger partial charge in [-0.05, 0) is 31.5 Å². The van der Waals surface area contributed by atoms with Crippen LogP contribution in [0.5, 0.6) is 0 Å². The fourth-order valence-corrected chi connectivity index (χ4v) is 3.09. The molecule has 0 aliphatic rings. The quantitative estimate of drug-likeness (QED) is 0.772. The van der Waals surface area contributed by atoms with Crippen LogP contribution >= 0.6 is 0 Å². The number of nitrogens with zero attached hydrogens (tertiary/aromatic N) is 3. The highest BCUT2D eigenvalue weighted by atomic mass is 16.2. The number of amides is 2. The topological polar surface area (TPSA) is 50.2 Å². The lowest BCUT2D eigenvalue weighted by molar-refractivity contribution is 0.200. The van der Waals surface area contributed by atoms with Crippen molar-refractivity contribution in [3.63, 3.8) is 0 Å². The van der Waals surface area contributed by atoms with Gasteiger partial charge in [0.25, 0.3) is 0 Å². The molecule has 0 aliphatic heterocycles. The summed E-state index contributed by atoms with van der Waals surface area (Å²) in [6, 6.07) is 17.6. The molecule has 0 bridgehead atoms. The van der Waals surface area contributed by atoms with Crippen LogP contribution in [0, 0.1) is 0 Å². The molecule has 0 spiro atoms. The third-order valence-electron chi connectivity index (χ3n) is 4.53. The first-order chi connectivity index (χ1) is 12.2. The lowest BCUT2D eigenvalue weighted by atomic mass is 10.1. The average Bonchev–Trinajstić information content (AvgIpc) is 2.98. The minimum absolute atomic E-state index is 0.0779. The third kappa shape index (κ3) is 3.36. The fraction of sp³-hybridized carbons (Fsp3) is 0.300. The Morgan fingerprint density at radius 3 is 2.36 bits per heavy atom. The summed E-state index contributed by atoms with van der Waals surface area (Å²) >= 11 is 0. The van der Waals surface area contributed by atoms with Crippen molar-refractivity contribution < 1.29 is 4.79 Å². The van der Waals surface area contributed by atoms with Crippen molar-refractivity contribution in [3.05, 3.63) is 66.0 Å². The van der Waals surface area contributed by atoms with Gasteiger partial charge < -0.3 is 14.8 Å². The molecule has 5 nitrogen and oxygen atoms in total. The van der Waals surface area contributed by atoms with Gasteiger partial charge in [0.05, 0.1) is 11.0 Å². The number of para-hydroxylation sites is 2. The Morgan fingerprint density at radius 1 is 1.08 bits per heavy atom. The van der Waals surface area contributed by atoms with Crippen LogP contribution in [0.4, 0.5) is 4.79 Å². The second kappa shape index (κ2) is 7.38. The van der Waals surface area contributed by atoms with Crippen molar-refractivity contribution in [3.8, 4) is 0 Å². The van der Waals surface area contributed by atoms with E-state index in [9.17, 15) is 4.79 Å². The summed E-state index contributed by atoms with van der Waals surface area (Å²) in [6.07, 6.45) is 0. The molecule has 0 saturated carbocycles. The van der Waals surface area contributed by atoms with Gasteiger partial charge in [0.2, 0.25) is 0 Å². The molecule has 25 heavy (non-hydrogen) atoms. The van der Waals surface area contributed by atoms with E-state index >= 15 is 0 Å². The number of aryl methyl sites for hydroxylation is 1. The van der Waals surface area contributed by atoms with Crippen LogP contribution in [0.2, 0.25) is 0 Å². The number of fused-ring (bicyclic) bond motifs is 1. The summed E-state index contributed by atoms with van der Waals surface area (Å²) in [5.74, 6) is 0.827. The smallest absolute Gasteiger partial charge is 0.318 e. The normalized spacial score (nSPS) is 12.1. The Morgan fingerprint density at radius 2 is 1.72 bits per heavy atom. The van der Waals surface area contributed by atoms with Crippen LogP contribution in [-0.4, -0.2) is 33.6 Å². The van der Waals surface area contributed by atoms with Gasteiger partial charge in [-0.3, -0.25) is 0 Å². The largest absolute Gasteiger partial charge is 0.329 e. The number of rotatable bonds is 5. The Kier molecular flexibility index (Phi) is 5.03. The highest BCUT2D eigenvalue weighted by molar-refractivity contribution is 5.77. The summed E-state index contributed by atoms with van der Waals surface area (Å²) in [6.45, 7) is 5.31. The first-order valence-corrected chi connectivity index (χ1v) is 8.67. The van der Waals surface area contributed by atoms with E-state index < -0.39 is 0 Å². The molecular formula is C20H24N4O. The Bertz CT molecular complexity index is 853. The van der Waals surface area contributed by atoms with Crippen molar-refractivity contribution in [2.45, 2.75) is 19.9 Å². The first-order valence-electron chi connectivity index (χ1n) is 8.67. The monoisotopic (exact) mass is 336 g/mol. The van der Waals surface area contributed by atoms with E-state index in [1.165, 1.54) is 0 Å². The summed E-state index contributed by atoms with van der Waals surface area (Å²) in [5, 5.41) is 3.16. The maximum atomic E-state index is 12.7. The van der Waals surface area contributed by atoms with Crippen molar-refractivity contribution in [1.29, 1.82) is 0 Å². The number of carbonyl (C=O) groups excluding carboxylic acids is 1. The highest BCUT2D eigenvalue weighted by Gasteiger charge is 2.24. The second-order valence-corrected chi connectivity index (χ2v) is 5.98.